The van der Waals surface area contributed by atoms with Gasteiger partial charge in [0, 0.05) is 19.8 Å². The lowest BCUT2D eigenvalue weighted by molar-refractivity contribution is -0.153. The van der Waals surface area contributed by atoms with Gasteiger partial charge in [-0.1, -0.05) is 6.92 Å². The molecule has 0 aromatic rings. The third-order valence-electron chi connectivity index (χ3n) is 3.48. The zero-order chi connectivity index (χ0) is 13.1. The van der Waals surface area contributed by atoms with E-state index < -0.39 is 17.3 Å². The summed E-state index contributed by atoms with van der Waals surface area (Å²) in [6, 6.07) is 0. The minimum Gasteiger partial charge on any atom is -0.480 e. The number of ether oxygens (including phenoxy) is 1. The van der Waals surface area contributed by atoms with E-state index in [0.29, 0.717) is 19.8 Å². The summed E-state index contributed by atoms with van der Waals surface area (Å²) in [5.41, 5.74) is -1.36. The van der Waals surface area contributed by atoms with Gasteiger partial charge in [0.05, 0.1) is 0 Å². The van der Waals surface area contributed by atoms with Crippen LogP contribution in [0.5, 0.6) is 0 Å². The molecular formula is C12H21NO4. The second-order valence-electron chi connectivity index (χ2n) is 5.54. The zero-order valence-electron chi connectivity index (χ0n) is 10.7. The lowest BCUT2D eigenvalue weighted by atomic mass is 9.82. The summed E-state index contributed by atoms with van der Waals surface area (Å²) in [5.74, 6) is -1.54. The van der Waals surface area contributed by atoms with Gasteiger partial charge in [-0.15, -0.1) is 0 Å². The lowest BCUT2D eigenvalue weighted by Crippen LogP contribution is -2.47. The highest BCUT2D eigenvalue weighted by molar-refractivity contribution is 6.00. The highest BCUT2D eigenvalue weighted by Crippen LogP contribution is 2.29. The van der Waals surface area contributed by atoms with Gasteiger partial charge in [0.25, 0.3) is 0 Å². The summed E-state index contributed by atoms with van der Waals surface area (Å²) in [5, 5.41) is 11.7. The van der Waals surface area contributed by atoms with Crippen LogP contribution in [0, 0.1) is 10.8 Å². The molecule has 5 heteroatoms. The molecule has 1 amide bonds. The smallest absolute Gasteiger partial charge is 0.318 e. The lowest BCUT2D eigenvalue weighted by Gasteiger charge is -2.34. The van der Waals surface area contributed by atoms with Crippen molar-refractivity contribution < 1.29 is 19.4 Å². The van der Waals surface area contributed by atoms with Gasteiger partial charge in [-0.2, -0.15) is 0 Å². The molecule has 0 aromatic heterocycles. The maximum absolute atomic E-state index is 11.8. The van der Waals surface area contributed by atoms with E-state index in [1.54, 1.807) is 0 Å². The van der Waals surface area contributed by atoms with Gasteiger partial charge in [0.15, 0.2) is 0 Å². The Balaban J connectivity index is 2.50. The zero-order valence-corrected chi connectivity index (χ0v) is 10.7. The van der Waals surface area contributed by atoms with E-state index in [2.05, 4.69) is 12.2 Å². The van der Waals surface area contributed by atoms with Crippen LogP contribution in [0.1, 0.15) is 33.6 Å². The molecular weight excluding hydrogens is 222 g/mol. The fourth-order valence-corrected chi connectivity index (χ4v) is 1.65. The maximum atomic E-state index is 11.8. The van der Waals surface area contributed by atoms with Crippen LogP contribution >= 0.6 is 0 Å². The fraction of sp³-hybridized carbons (Fsp3) is 0.833. The van der Waals surface area contributed by atoms with Gasteiger partial charge in [-0.05, 0) is 32.1 Å². The highest BCUT2D eigenvalue weighted by Gasteiger charge is 2.37. The first-order valence-electron chi connectivity index (χ1n) is 5.87. The van der Waals surface area contributed by atoms with E-state index in [9.17, 15) is 9.59 Å². The predicted molar refractivity (Wildman–Crippen MR) is 62.6 cm³/mol. The first-order chi connectivity index (χ1) is 7.78. The Morgan fingerprint density at radius 2 is 1.88 bits per heavy atom. The van der Waals surface area contributed by atoms with E-state index in [1.807, 2.05) is 0 Å². The van der Waals surface area contributed by atoms with Crippen molar-refractivity contribution >= 4 is 11.9 Å². The van der Waals surface area contributed by atoms with Crippen LogP contribution in [-0.4, -0.2) is 36.7 Å². The number of hydrogen-bond acceptors (Lipinski definition) is 3. The molecule has 1 aliphatic rings. The second-order valence-corrected chi connectivity index (χ2v) is 5.54. The number of carbonyl (C=O) groups excluding carboxylic acids is 1. The molecule has 1 fully saturated rings. The molecule has 0 aliphatic carbocycles. The quantitative estimate of drug-likeness (QED) is 0.723. The Morgan fingerprint density at radius 3 is 2.35 bits per heavy atom. The summed E-state index contributed by atoms with van der Waals surface area (Å²) in [7, 11) is 0. The van der Waals surface area contributed by atoms with Crippen molar-refractivity contribution in [2.24, 2.45) is 10.8 Å². The Bertz CT molecular complexity index is 306. The number of carboxylic acid groups (broad SMARTS) is 1. The second kappa shape index (κ2) is 5.04. The van der Waals surface area contributed by atoms with Crippen LogP contribution in [0.15, 0.2) is 0 Å². The Hall–Kier alpha value is -1.10. The van der Waals surface area contributed by atoms with Gasteiger partial charge >= 0.3 is 5.97 Å². The van der Waals surface area contributed by atoms with Gasteiger partial charge < -0.3 is 15.2 Å². The molecule has 98 valence electrons. The molecule has 0 unspecified atom stereocenters. The Kier molecular flexibility index (Phi) is 4.14. The normalized spacial score (nSPS) is 19.7. The maximum Gasteiger partial charge on any atom is 0.318 e. The SMILES string of the molecule is CC1(CNC(=O)C(C)(C)C(=O)O)CCOCC1. The van der Waals surface area contributed by atoms with Crippen LogP contribution in [0.3, 0.4) is 0 Å². The molecule has 0 aromatic carbocycles. The molecule has 0 radical (unpaired) electrons. The summed E-state index contributed by atoms with van der Waals surface area (Å²) in [6.07, 6.45) is 1.78. The van der Waals surface area contributed by atoms with Crippen molar-refractivity contribution in [3.05, 3.63) is 0 Å². The molecule has 1 heterocycles. The number of nitrogens with one attached hydrogen (secondary N) is 1. The standard InChI is InChI=1S/C12H21NO4/c1-11(2,10(15)16)9(14)13-8-12(3)4-6-17-7-5-12/h4-8H2,1-3H3,(H,13,14)(H,15,16). The van der Waals surface area contributed by atoms with Crippen molar-refractivity contribution in [2.75, 3.05) is 19.8 Å². The van der Waals surface area contributed by atoms with Crippen LogP contribution in [-0.2, 0) is 14.3 Å². The number of hydrogen-bond donors (Lipinski definition) is 2. The number of carbonyl (C=O) groups is 2. The summed E-state index contributed by atoms with van der Waals surface area (Å²) in [6.45, 7) is 6.83. The van der Waals surface area contributed by atoms with Gasteiger partial charge in [0.1, 0.15) is 5.41 Å². The van der Waals surface area contributed by atoms with E-state index >= 15 is 0 Å². The molecule has 1 rings (SSSR count). The van der Waals surface area contributed by atoms with Crippen LogP contribution in [0.4, 0.5) is 0 Å². The molecule has 0 spiro atoms. The minimum absolute atomic E-state index is 0.0164. The molecule has 1 aliphatic heterocycles. The largest absolute Gasteiger partial charge is 0.480 e. The Morgan fingerprint density at radius 1 is 1.35 bits per heavy atom. The molecule has 0 atom stereocenters. The first-order valence-corrected chi connectivity index (χ1v) is 5.87. The number of carboxylic acids is 1. The summed E-state index contributed by atoms with van der Waals surface area (Å²) in [4.78, 5) is 22.7. The summed E-state index contributed by atoms with van der Waals surface area (Å²) < 4.78 is 5.27. The van der Waals surface area contributed by atoms with E-state index in [-0.39, 0.29) is 5.41 Å². The topological polar surface area (TPSA) is 75.6 Å². The van der Waals surface area contributed by atoms with E-state index in [1.165, 1.54) is 13.8 Å². The first kappa shape index (κ1) is 14.0. The predicted octanol–water partition coefficient (Wildman–Crippen LogP) is 1.03. The van der Waals surface area contributed by atoms with E-state index in [0.717, 1.165) is 12.8 Å². The molecule has 0 bridgehead atoms. The van der Waals surface area contributed by atoms with Gasteiger partial charge in [0.2, 0.25) is 5.91 Å². The number of aliphatic carboxylic acids is 1. The molecule has 2 N–H and O–H groups in total. The Labute approximate surface area is 102 Å². The van der Waals surface area contributed by atoms with Crippen LogP contribution in [0.2, 0.25) is 0 Å². The van der Waals surface area contributed by atoms with E-state index in [4.69, 9.17) is 9.84 Å². The molecule has 1 saturated heterocycles. The molecule has 5 nitrogen and oxygen atoms in total. The average molecular weight is 243 g/mol. The fourth-order valence-electron chi connectivity index (χ4n) is 1.65. The highest BCUT2D eigenvalue weighted by atomic mass is 16.5. The van der Waals surface area contributed by atoms with Crippen molar-refractivity contribution in [2.45, 2.75) is 33.6 Å². The van der Waals surface area contributed by atoms with Crippen molar-refractivity contribution in [3.8, 4) is 0 Å². The molecule has 17 heavy (non-hydrogen) atoms. The number of rotatable bonds is 4. The van der Waals surface area contributed by atoms with Crippen LogP contribution in [0.25, 0.3) is 0 Å². The third kappa shape index (κ3) is 3.43. The van der Waals surface area contributed by atoms with Crippen LogP contribution < -0.4 is 5.32 Å². The average Bonchev–Trinajstić information content (AvgIpc) is 2.26. The third-order valence-corrected chi connectivity index (χ3v) is 3.48. The monoisotopic (exact) mass is 243 g/mol. The summed E-state index contributed by atoms with van der Waals surface area (Å²) >= 11 is 0. The minimum atomic E-state index is -1.37. The molecule has 0 saturated carbocycles. The van der Waals surface area contributed by atoms with Gasteiger partial charge in [-0.3, -0.25) is 9.59 Å². The number of amides is 1. The van der Waals surface area contributed by atoms with Crippen molar-refractivity contribution in [1.29, 1.82) is 0 Å². The van der Waals surface area contributed by atoms with Gasteiger partial charge in [-0.25, -0.2) is 0 Å². The van der Waals surface area contributed by atoms with Crippen molar-refractivity contribution in [1.82, 2.24) is 5.32 Å². The van der Waals surface area contributed by atoms with Crippen molar-refractivity contribution in [3.63, 3.8) is 0 Å².